The van der Waals surface area contributed by atoms with Crippen LogP contribution in [0.25, 0.3) is 0 Å². The number of alkyl halides is 1. The second-order valence-corrected chi connectivity index (χ2v) is 5.58. The zero-order chi connectivity index (χ0) is 16.5. The topological polar surface area (TPSA) is 72.5 Å². The quantitative estimate of drug-likeness (QED) is 0.589. The van der Waals surface area contributed by atoms with Gasteiger partial charge < -0.3 is 10.1 Å². The molecule has 1 aromatic rings. The third-order valence-corrected chi connectivity index (χ3v) is 3.17. The number of rotatable bonds is 8. The van der Waals surface area contributed by atoms with Crippen LogP contribution >= 0.6 is 11.6 Å². The van der Waals surface area contributed by atoms with Crippen molar-refractivity contribution in [1.82, 2.24) is 5.32 Å². The van der Waals surface area contributed by atoms with Gasteiger partial charge in [0.2, 0.25) is 11.6 Å². The number of alkyl carbamates (subject to hydrolysis) is 1. The summed E-state index contributed by atoms with van der Waals surface area (Å²) in [6, 6.07) is 8.26. The van der Waals surface area contributed by atoms with Crippen LogP contribution in [0.5, 0.6) is 0 Å². The number of hydrogen-bond acceptors (Lipinski definition) is 4. The molecule has 0 saturated heterocycles. The van der Waals surface area contributed by atoms with Gasteiger partial charge in [-0.25, -0.2) is 4.79 Å². The Kier molecular flexibility index (Phi) is 7.60. The summed E-state index contributed by atoms with van der Waals surface area (Å²) in [6.45, 7) is 3.88. The highest BCUT2D eigenvalue weighted by atomic mass is 35.5. The van der Waals surface area contributed by atoms with Gasteiger partial charge >= 0.3 is 6.09 Å². The van der Waals surface area contributed by atoms with E-state index in [1.165, 1.54) is 0 Å². The molecule has 1 atom stereocenters. The molecule has 0 aliphatic rings. The maximum Gasteiger partial charge on any atom is 0.408 e. The molecule has 22 heavy (non-hydrogen) atoms. The molecule has 1 rings (SSSR count). The van der Waals surface area contributed by atoms with Crippen molar-refractivity contribution >= 4 is 29.3 Å². The van der Waals surface area contributed by atoms with Crippen LogP contribution in [-0.2, 0) is 20.9 Å². The van der Waals surface area contributed by atoms with Crippen LogP contribution in [-0.4, -0.2) is 29.6 Å². The number of hydrogen-bond donors (Lipinski definition) is 1. The largest absolute Gasteiger partial charge is 0.445 e. The molecule has 120 valence electrons. The van der Waals surface area contributed by atoms with Gasteiger partial charge in [0.15, 0.2) is 0 Å². The summed E-state index contributed by atoms with van der Waals surface area (Å²) in [5, 5.41) is 2.44. The molecular formula is C16H20ClNO4. The molecule has 0 fully saturated rings. The first-order chi connectivity index (χ1) is 10.4. The zero-order valence-corrected chi connectivity index (χ0v) is 13.4. The fourth-order valence-electron chi connectivity index (χ4n) is 1.87. The van der Waals surface area contributed by atoms with Crippen molar-refractivity contribution in [3.05, 3.63) is 35.9 Å². The SMILES string of the molecule is CC(C)CC(NC(=O)OCc1ccccc1)C(=O)C(=O)CCl. The Morgan fingerprint density at radius 2 is 1.82 bits per heavy atom. The predicted molar refractivity (Wildman–Crippen MR) is 83.7 cm³/mol. The van der Waals surface area contributed by atoms with E-state index in [1.807, 2.05) is 44.2 Å². The van der Waals surface area contributed by atoms with E-state index in [1.54, 1.807) is 0 Å². The third-order valence-electron chi connectivity index (χ3n) is 2.92. The Morgan fingerprint density at radius 3 is 2.36 bits per heavy atom. The second kappa shape index (κ2) is 9.20. The summed E-state index contributed by atoms with van der Waals surface area (Å²) in [5.41, 5.74) is 0.834. The number of Topliss-reactive ketones (excluding diaryl/α,β-unsaturated/α-hetero) is 2. The number of amides is 1. The first-order valence-corrected chi connectivity index (χ1v) is 7.57. The standard InChI is InChI=1S/C16H20ClNO4/c1-11(2)8-13(15(20)14(19)9-17)18-16(21)22-10-12-6-4-3-5-7-12/h3-7,11,13H,8-10H2,1-2H3,(H,18,21). The number of ether oxygens (including phenoxy) is 1. The molecule has 1 N–H and O–H groups in total. The van der Waals surface area contributed by atoms with Gasteiger partial charge in [-0.2, -0.15) is 0 Å². The van der Waals surface area contributed by atoms with E-state index in [2.05, 4.69) is 5.32 Å². The van der Waals surface area contributed by atoms with Crippen LogP contribution in [0.4, 0.5) is 4.79 Å². The van der Waals surface area contributed by atoms with Crippen molar-refractivity contribution in [2.24, 2.45) is 5.92 Å². The van der Waals surface area contributed by atoms with E-state index in [0.717, 1.165) is 5.56 Å². The number of ketones is 2. The van der Waals surface area contributed by atoms with Gasteiger partial charge in [-0.15, -0.1) is 11.6 Å². The number of halogens is 1. The van der Waals surface area contributed by atoms with Crippen LogP contribution in [0.2, 0.25) is 0 Å². The molecule has 0 aliphatic heterocycles. The fraction of sp³-hybridized carbons (Fsp3) is 0.438. The molecule has 0 aliphatic carbocycles. The summed E-state index contributed by atoms with van der Waals surface area (Å²) < 4.78 is 5.06. The Hall–Kier alpha value is -1.88. The van der Waals surface area contributed by atoms with Crippen molar-refractivity contribution in [3.8, 4) is 0 Å². The second-order valence-electron chi connectivity index (χ2n) is 5.31. The van der Waals surface area contributed by atoms with Crippen LogP contribution in [0.1, 0.15) is 25.8 Å². The average Bonchev–Trinajstić information content (AvgIpc) is 2.51. The highest BCUT2D eigenvalue weighted by molar-refractivity contribution is 6.48. The molecule has 1 unspecified atom stereocenters. The van der Waals surface area contributed by atoms with Gasteiger partial charge in [-0.1, -0.05) is 44.2 Å². The van der Waals surface area contributed by atoms with E-state index in [4.69, 9.17) is 16.3 Å². The summed E-state index contributed by atoms with van der Waals surface area (Å²) in [7, 11) is 0. The smallest absolute Gasteiger partial charge is 0.408 e. The summed E-state index contributed by atoms with van der Waals surface area (Å²) in [5.74, 6) is -1.67. The van der Waals surface area contributed by atoms with Crippen LogP contribution in [0, 0.1) is 5.92 Å². The molecule has 0 radical (unpaired) electrons. The maximum absolute atomic E-state index is 11.9. The molecule has 5 nitrogen and oxygen atoms in total. The Morgan fingerprint density at radius 1 is 1.18 bits per heavy atom. The summed E-state index contributed by atoms with van der Waals surface area (Å²) in [6.07, 6.45) is -0.382. The first-order valence-electron chi connectivity index (χ1n) is 7.04. The third kappa shape index (κ3) is 6.26. The minimum Gasteiger partial charge on any atom is -0.445 e. The highest BCUT2D eigenvalue weighted by Crippen LogP contribution is 2.08. The van der Waals surface area contributed by atoms with Crippen LogP contribution < -0.4 is 5.32 Å². The van der Waals surface area contributed by atoms with Crippen molar-refractivity contribution in [1.29, 1.82) is 0 Å². The number of nitrogens with one attached hydrogen (secondary N) is 1. The minimum absolute atomic E-state index is 0.0959. The lowest BCUT2D eigenvalue weighted by molar-refractivity contribution is -0.136. The molecule has 1 aromatic carbocycles. The molecular weight excluding hydrogens is 306 g/mol. The van der Waals surface area contributed by atoms with Gasteiger partial charge in [0, 0.05) is 0 Å². The van der Waals surface area contributed by atoms with E-state index in [0.29, 0.717) is 6.42 Å². The fourth-order valence-corrected chi connectivity index (χ4v) is 2.00. The molecule has 0 heterocycles. The predicted octanol–water partition coefficient (Wildman–Crippen LogP) is 2.70. The first kappa shape index (κ1) is 18.2. The van der Waals surface area contributed by atoms with Gasteiger partial charge in [-0.3, -0.25) is 9.59 Å². The van der Waals surface area contributed by atoms with Crippen molar-refractivity contribution in [3.63, 3.8) is 0 Å². The lowest BCUT2D eigenvalue weighted by Gasteiger charge is -2.18. The van der Waals surface area contributed by atoms with Gasteiger partial charge in [0.25, 0.3) is 0 Å². The van der Waals surface area contributed by atoms with Crippen molar-refractivity contribution in [2.75, 3.05) is 5.88 Å². The average molecular weight is 326 g/mol. The number of carbonyl (C=O) groups excluding carboxylic acids is 3. The summed E-state index contributed by atoms with van der Waals surface area (Å²) >= 11 is 5.39. The van der Waals surface area contributed by atoms with E-state index in [-0.39, 0.29) is 12.5 Å². The molecule has 1 amide bonds. The monoisotopic (exact) mass is 325 g/mol. The van der Waals surface area contributed by atoms with E-state index >= 15 is 0 Å². The lowest BCUT2D eigenvalue weighted by atomic mass is 9.98. The minimum atomic E-state index is -0.908. The molecule has 0 aromatic heterocycles. The lowest BCUT2D eigenvalue weighted by Crippen LogP contribution is -2.45. The Balaban J connectivity index is 2.58. The highest BCUT2D eigenvalue weighted by Gasteiger charge is 2.27. The van der Waals surface area contributed by atoms with Crippen molar-refractivity contribution < 1.29 is 19.1 Å². The maximum atomic E-state index is 11.9. The van der Waals surface area contributed by atoms with Gasteiger partial charge in [0.05, 0.1) is 11.9 Å². The zero-order valence-electron chi connectivity index (χ0n) is 12.7. The van der Waals surface area contributed by atoms with E-state index < -0.39 is 29.6 Å². The van der Waals surface area contributed by atoms with Gasteiger partial charge in [-0.05, 0) is 17.9 Å². The van der Waals surface area contributed by atoms with Gasteiger partial charge in [0.1, 0.15) is 6.61 Å². The number of carbonyl (C=O) groups is 3. The molecule has 0 saturated carbocycles. The van der Waals surface area contributed by atoms with E-state index in [9.17, 15) is 14.4 Å². The number of benzene rings is 1. The molecule has 6 heteroatoms. The normalized spacial score (nSPS) is 11.8. The Labute approximate surface area is 135 Å². The van der Waals surface area contributed by atoms with Crippen LogP contribution in [0.3, 0.4) is 0 Å². The molecule has 0 spiro atoms. The molecule has 0 bridgehead atoms. The summed E-state index contributed by atoms with van der Waals surface area (Å²) in [4.78, 5) is 35.1. The van der Waals surface area contributed by atoms with Crippen LogP contribution in [0.15, 0.2) is 30.3 Å². The van der Waals surface area contributed by atoms with Crippen molar-refractivity contribution in [2.45, 2.75) is 32.9 Å². The Bertz CT molecular complexity index is 516.